The summed E-state index contributed by atoms with van der Waals surface area (Å²) in [4.78, 5) is 0. The highest BCUT2D eigenvalue weighted by atomic mass is 19.4. The topological polar surface area (TPSA) is 26.0 Å². The Balaban J connectivity index is 1.66. The molecule has 20 heavy (non-hydrogen) atoms. The molecule has 1 aromatic rings. The summed E-state index contributed by atoms with van der Waals surface area (Å²) < 4.78 is 38.1. The first-order valence-electron chi connectivity index (χ1n) is 7.38. The van der Waals surface area contributed by atoms with E-state index < -0.39 is 11.7 Å². The van der Waals surface area contributed by atoms with E-state index in [9.17, 15) is 13.2 Å². The second-order valence-corrected chi connectivity index (χ2v) is 6.26. The minimum Gasteiger partial charge on any atom is -0.327 e. The molecule has 2 aliphatic rings. The van der Waals surface area contributed by atoms with E-state index in [1.165, 1.54) is 37.8 Å². The molecule has 0 amide bonds. The number of halogens is 3. The first-order valence-corrected chi connectivity index (χ1v) is 7.38. The normalized spacial score (nSPS) is 30.7. The van der Waals surface area contributed by atoms with E-state index in [-0.39, 0.29) is 6.04 Å². The molecule has 0 bridgehead atoms. The van der Waals surface area contributed by atoms with Crippen LogP contribution in [0, 0.1) is 17.8 Å². The third-order valence-electron chi connectivity index (χ3n) is 4.94. The number of hydrogen-bond donors (Lipinski definition) is 1. The van der Waals surface area contributed by atoms with E-state index in [4.69, 9.17) is 5.73 Å². The highest BCUT2D eigenvalue weighted by Crippen LogP contribution is 2.56. The van der Waals surface area contributed by atoms with Gasteiger partial charge in [-0.3, -0.25) is 0 Å². The molecule has 2 fully saturated rings. The fourth-order valence-electron chi connectivity index (χ4n) is 3.97. The van der Waals surface area contributed by atoms with Gasteiger partial charge in [-0.15, -0.1) is 0 Å². The number of benzene rings is 1. The summed E-state index contributed by atoms with van der Waals surface area (Å²) >= 11 is 0. The molecule has 110 valence electrons. The Labute approximate surface area is 117 Å². The molecule has 0 aromatic heterocycles. The van der Waals surface area contributed by atoms with E-state index in [2.05, 4.69) is 0 Å². The lowest BCUT2D eigenvalue weighted by molar-refractivity contribution is -0.137. The summed E-state index contributed by atoms with van der Waals surface area (Å²) in [5.41, 5.74) is 6.38. The van der Waals surface area contributed by atoms with E-state index in [1.54, 1.807) is 6.07 Å². The van der Waals surface area contributed by atoms with E-state index >= 15 is 0 Å². The number of hydrogen-bond acceptors (Lipinski definition) is 1. The van der Waals surface area contributed by atoms with E-state index in [0.717, 1.165) is 17.9 Å². The monoisotopic (exact) mass is 283 g/mol. The van der Waals surface area contributed by atoms with Gasteiger partial charge in [0.1, 0.15) is 0 Å². The zero-order valence-electron chi connectivity index (χ0n) is 11.4. The van der Waals surface area contributed by atoms with Crippen molar-refractivity contribution in [1.29, 1.82) is 0 Å². The van der Waals surface area contributed by atoms with Crippen molar-refractivity contribution in [2.75, 3.05) is 0 Å². The third kappa shape index (κ3) is 2.71. The Bertz CT molecular complexity index is 471. The van der Waals surface area contributed by atoms with E-state index in [0.29, 0.717) is 17.9 Å². The van der Waals surface area contributed by atoms with Crippen LogP contribution in [0.3, 0.4) is 0 Å². The summed E-state index contributed by atoms with van der Waals surface area (Å²) in [6.45, 7) is 0. The smallest absolute Gasteiger partial charge is 0.327 e. The maximum absolute atomic E-state index is 12.7. The Hall–Kier alpha value is -1.03. The zero-order chi connectivity index (χ0) is 14.3. The molecule has 0 heterocycles. The highest BCUT2D eigenvalue weighted by Gasteiger charge is 2.52. The fourth-order valence-corrected chi connectivity index (χ4v) is 3.97. The first-order chi connectivity index (χ1) is 9.47. The molecular weight excluding hydrogens is 263 g/mol. The molecular formula is C16H20F3N. The molecule has 0 saturated heterocycles. The molecule has 1 aromatic carbocycles. The fraction of sp³-hybridized carbons (Fsp3) is 0.625. The van der Waals surface area contributed by atoms with E-state index in [1.807, 2.05) is 0 Å². The van der Waals surface area contributed by atoms with Gasteiger partial charge < -0.3 is 5.73 Å². The van der Waals surface area contributed by atoms with Crippen LogP contribution in [0.15, 0.2) is 24.3 Å². The molecule has 4 heteroatoms. The number of nitrogens with two attached hydrogens (primary N) is 1. The quantitative estimate of drug-likeness (QED) is 0.891. The maximum atomic E-state index is 12.7. The summed E-state index contributed by atoms with van der Waals surface area (Å²) in [6.07, 6.45) is 1.37. The summed E-state index contributed by atoms with van der Waals surface area (Å²) in [5.74, 6) is 2.01. The van der Waals surface area contributed by atoms with Crippen LogP contribution in [0.25, 0.3) is 0 Å². The van der Waals surface area contributed by atoms with Crippen LogP contribution in [0.2, 0.25) is 0 Å². The molecule has 3 unspecified atom stereocenters. The molecule has 0 aliphatic heterocycles. The molecule has 0 spiro atoms. The van der Waals surface area contributed by atoms with Crippen molar-refractivity contribution in [3.8, 4) is 0 Å². The standard InChI is InChI=1S/C16H20F3N/c17-16(18,19)11-5-3-4-10(8-11)9-14(20)15-12-6-1-2-7-13(12)15/h3-5,8,12-15H,1-2,6-7,9,20H2. The third-order valence-corrected chi connectivity index (χ3v) is 4.94. The van der Waals surface area contributed by atoms with Gasteiger partial charge in [-0.05, 0) is 48.6 Å². The predicted molar refractivity (Wildman–Crippen MR) is 72.1 cm³/mol. The van der Waals surface area contributed by atoms with Crippen molar-refractivity contribution in [3.63, 3.8) is 0 Å². The lowest BCUT2D eigenvalue weighted by Gasteiger charge is -2.13. The average molecular weight is 283 g/mol. The van der Waals surface area contributed by atoms with Gasteiger partial charge >= 0.3 is 6.18 Å². The minimum atomic E-state index is -4.27. The lowest BCUT2D eigenvalue weighted by atomic mass is 9.99. The Morgan fingerprint density at radius 1 is 1.15 bits per heavy atom. The highest BCUT2D eigenvalue weighted by molar-refractivity contribution is 5.26. The molecule has 2 saturated carbocycles. The largest absolute Gasteiger partial charge is 0.416 e. The Kier molecular flexibility index (Phi) is 3.53. The molecule has 3 rings (SSSR count). The van der Waals surface area contributed by atoms with Crippen LogP contribution >= 0.6 is 0 Å². The van der Waals surface area contributed by atoms with Crippen LogP contribution in [-0.2, 0) is 12.6 Å². The van der Waals surface area contributed by atoms with Crippen molar-refractivity contribution in [2.24, 2.45) is 23.5 Å². The lowest BCUT2D eigenvalue weighted by Crippen LogP contribution is -2.27. The van der Waals surface area contributed by atoms with Gasteiger partial charge in [-0.1, -0.05) is 31.0 Å². The molecule has 3 atom stereocenters. The van der Waals surface area contributed by atoms with Crippen LogP contribution in [0.4, 0.5) is 13.2 Å². The number of fused-ring (bicyclic) bond motifs is 1. The zero-order valence-corrected chi connectivity index (χ0v) is 11.4. The average Bonchev–Trinajstić information content (AvgIpc) is 3.12. The van der Waals surface area contributed by atoms with Crippen molar-refractivity contribution in [3.05, 3.63) is 35.4 Å². The predicted octanol–water partition coefficient (Wildman–Crippen LogP) is 4.01. The summed E-state index contributed by atoms with van der Waals surface area (Å²) in [7, 11) is 0. The number of rotatable bonds is 3. The summed E-state index contributed by atoms with van der Waals surface area (Å²) in [6, 6.07) is 5.59. The van der Waals surface area contributed by atoms with Gasteiger partial charge in [-0.25, -0.2) is 0 Å². The van der Waals surface area contributed by atoms with Gasteiger partial charge in [0.05, 0.1) is 5.56 Å². The van der Waals surface area contributed by atoms with Gasteiger partial charge in [0.2, 0.25) is 0 Å². The second-order valence-electron chi connectivity index (χ2n) is 6.26. The molecule has 0 radical (unpaired) electrons. The Morgan fingerprint density at radius 2 is 1.80 bits per heavy atom. The molecule has 1 nitrogen and oxygen atoms in total. The van der Waals surface area contributed by atoms with Crippen LogP contribution in [0.1, 0.15) is 36.8 Å². The first kappa shape index (κ1) is 13.9. The molecule has 2 N–H and O–H groups in total. The van der Waals surface area contributed by atoms with Crippen LogP contribution in [0.5, 0.6) is 0 Å². The molecule has 2 aliphatic carbocycles. The van der Waals surface area contributed by atoms with Gasteiger partial charge in [0.15, 0.2) is 0 Å². The van der Waals surface area contributed by atoms with Crippen LogP contribution in [-0.4, -0.2) is 6.04 Å². The summed E-state index contributed by atoms with van der Waals surface area (Å²) in [5, 5.41) is 0. The van der Waals surface area contributed by atoms with Crippen molar-refractivity contribution >= 4 is 0 Å². The Morgan fingerprint density at radius 3 is 2.40 bits per heavy atom. The van der Waals surface area contributed by atoms with Crippen molar-refractivity contribution in [1.82, 2.24) is 0 Å². The second kappa shape index (κ2) is 5.06. The van der Waals surface area contributed by atoms with Gasteiger partial charge in [0.25, 0.3) is 0 Å². The SMILES string of the molecule is NC(Cc1cccc(C(F)(F)F)c1)C1C2CCCCC21. The van der Waals surface area contributed by atoms with Crippen molar-refractivity contribution in [2.45, 2.75) is 44.3 Å². The van der Waals surface area contributed by atoms with Gasteiger partial charge in [0, 0.05) is 6.04 Å². The minimum absolute atomic E-state index is 0.00610. The van der Waals surface area contributed by atoms with Gasteiger partial charge in [-0.2, -0.15) is 13.2 Å². The van der Waals surface area contributed by atoms with Crippen LogP contribution < -0.4 is 5.73 Å². The number of alkyl halides is 3. The van der Waals surface area contributed by atoms with Crippen molar-refractivity contribution < 1.29 is 13.2 Å². The maximum Gasteiger partial charge on any atom is 0.416 e.